The molecule has 2 aliphatic carbocycles. The third-order valence-electron chi connectivity index (χ3n) is 8.92. The largest absolute Gasteiger partial charge is 0.380 e. The molecule has 1 saturated carbocycles. The van der Waals surface area contributed by atoms with E-state index in [0.29, 0.717) is 37.3 Å². The Bertz CT molecular complexity index is 1870. The number of hydrogen-bond acceptors (Lipinski definition) is 6. The summed E-state index contributed by atoms with van der Waals surface area (Å²) >= 11 is 0. The van der Waals surface area contributed by atoms with Crippen molar-refractivity contribution in [3.8, 4) is 5.69 Å². The second-order valence-corrected chi connectivity index (χ2v) is 13.9. The third-order valence-corrected chi connectivity index (χ3v) is 10.9. The molecule has 46 heavy (non-hydrogen) atoms. The highest BCUT2D eigenvalue weighted by atomic mass is 32.2. The lowest BCUT2D eigenvalue weighted by atomic mass is 9.60. The fraction of sp³-hybridized carbons (Fsp3) is 0.343. The monoisotopic (exact) mass is 646 g/mol. The van der Waals surface area contributed by atoms with Crippen LogP contribution < -0.4 is 0 Å². The van der Waals surface area contributed by atoms with Crippen LogP contribution in [0.5, 0.6) is 0 Å². The number of rotatable bonds is 11. The highest BCUT2D eigenvalue weighted by Crippen LogP contribution is 2.51. The van der Waals surface area contributed by atoms with Crippen molar-refractivity contribution in [3.63, 3.8) is 0 Å². The molecule has 240 valence electrons. The summed E-state index contributed by atoms with van der Waals surface area (Å²) in [6.45, 7) is 4.64. The molecule has 2 heterocycles. The Morgan fingerprint density at radius 2 is 1.78 bits per heavy atom. The Kier molecular flexibility index (Phi) is 9.00. The number of aromatic nitrogens is 3. The van der Waals surface area contributed by atoms with E-state index in [-0.39, 0.29) is 36.1 Å². The molecule has 2 aromatic heterocycles. The molecular weight excluding hydrogens is 610 g/mol. The minimum atomic E-state index is -4.07. The van der Waals surface area contributed by atoms with Crippen molar-refractivity contribution in [3.05, 3.63) is 113 Å². The minimum absolute atomic E-state index is 0.0158. The summed E-state index contributed by atoms with van der Waals surface area (Å²) in [5, 5.41) is 4.60. The number of ketones is 1. The number of sulfonamides is 1. The zero-order valence-electron chi connectivity index (χ0n) is 25.8. The van der Waals surface area contributed by atoms with Gasteiger partial charge in [-0.2, -0.15) is 9.40 Å². The van der Waals surface area contributed by atoms with Crippen molar-refractivity contribution in [2.24, 2.45) is 5.41 Å². The Morgan fingerprint density at radius 3 is 2.48 bits per heavy atom. The highest BCUT2D eigenvalue weighted by molar-refractivity contribution is 7.89. The van der Waals surface area contributed by atoms with Gasteiger partial charge in [-0.1, -0.05) is 12.5 Å². The molecule has 11 heteroatoms. The Balaban J connectivity index is 1.42. The van der Waals surface area contributed by atoms with Gasteiger partial charge in [0.25, 0.3) is 0 Å². The number of halogens is 2. The number of hydrogen-bond donors (Lipinski definition) is 0. The van der Waals surface area contributed by atoms with E-state index in [2.05, 4.69) is 10.1 Å². The van der Waals surface area contributed by atoms with Crippen LogP contribution >= 0.6 is 0 Å². The highest BCUT2D eigenvalue weighted by Gasteiger charge is 2.51. The average Bonchev–Trinajstić information content (AvgIpc) is 3.45. The zero-order chi connectivity index (χ0) is 32.5. The number of carbonyl (C=O) groups is 1. The summed E-state index contributed by atoms with van der Waals surface area (Å²) in [5.41, 5.74) is 3.35. The van der Waals surface area contributed by atoms with Gasteiger partial charge in [-0.15, -0.1) is 0 Å². The lowest BCUT2D eigenvalue weighted by Gasteiger charge is -2.46. The van der Waals surface area contributed by atoms with E-state index in [4.69, 9.17) is 4.74 Å². The molecule has 1 fully saturated rings. The van der Waals surface area contributed by atoms with E-state index in [1.54, 1.807) is 35.3 Å². The van der Waals surface area contributed by atoms with E-state index in [1.165, 1.54) is 28.6 Å². The predicted octanol–water partition coefficient (Wildman–Crippen LogP) is 6.33. The fourth-order valence-corrected chi connectivity index (χ4v) is 8.30. The second kappa shape index (κ2) is 13.0. The van der Waals surface area contributed by atoms with Gasteiger partial charge in [-0.3, -0.25) is 9.78 Å². The van der Waals surface area contributed by atoms with Crippen LogP contribution in [0.2, 0.25) is 0 Å². The quantitative estimate of drug-likeness (QED) is 0.140. The van der Waals surface area contributed by atoms with Gasteiger partial charge in [0.1, 0.15) is 17.3 Å². The molecule has 0 aliphatic heterocycles. The van der Waals surface area contributed by atoms with Crippen molar-refractivity contribution in [1.29, 1.82) is 0 Å². The molecule has 0 saturated heterocycles. The number of pyridine rings is 1. The fourth-order valence-electron chi connectivity index (χ4n) is 6.66. The molecule has 0 unspecified atom stereocenters. The number of ether oxygens (including phenoxy) is 1. The maximum Gasteiger partial charge on any atom is 0.243 e. The van der Waals surface area contributed by atoms with E-state index in [9.17, 15) is 22.0 Å². The standard InChI is InChI=1S/C35H36F2N4O4S/c1-3-17-45-18-16-40(46(43,44)31-12-7-28(37)8-13-31)30-9-4-26-20-33-25(23-39-41(33)29-10-5-27(36)6-11-29)21-35(26,22-30)34(42)32-19-24(2)14-15-38-32/h5-8,10-15,19-20,23,30H,3-4,9,16-18,21-22H2,1-2H3/t30-,35-/m0/s1. The number of carbonyl (C=O) groups excluding carboxylic acids is 1. The van der Waals surface area contributed by atoms with Crippen LogP contribution in [0.4, 0.5) is 8.78 Å². The van der Waals surface area contributed by atoms with Crippen LogP contribution in [-0.2, 0) is 21.2 Å². The lowest BCUT2D eigenvalue weighted by Crippen LogP contribution is -2.51. The number of aryl methyl sites for hydroxylation is 1. The Morgan fingerprint density at radius 1 is 1.07 bits per heavy atom. The number of nitrogens with zero attached hydrogens (tertiary/aromatic N) is 4. The van der Waals surface area contributed by atoms with Crippen molar-refractivity contribution in [2.75, 3.05) is 19.8 Å². The summed E-state index contributed by atoms with van der Waals surface area (Å²) in [4.78, 5) is 19.1. The van der Waals surface area contributed by atoms with E-state index < -0.39 is 27.3 Å². The van der Waals surface area contributed by atoms with Crippen molar-refractivity contribution >= 4 is 21.9 Å². The first-order chi connectivity index (χ1) is 22.1. The molecule has 0 radical (unpaired) electrons. The first-order valence-corrected chi connectivity index (χ1v) is 16.9. The normalized spacial score (nSPS) is 19.4. The van der Waals surface area contributed by atoms with Gasteiger partial charge >= 0.3 is 0 Å². The summed E-state index contributed by atoms with van der Waals surface area (Å²) in [5.74, 6) is -1.05. The molecule has 0 bridgehead atoms. The van der Waals surface area contributed by atoms with Crippen molar-refractivity contribution in [1.82, 2.24) is 19.1 Å². The summed E-state index contributed by atoms with van der Waals surface area (Å²) in [6.07, 6.45) is 7.57. The van der Waals surface area contributed by atoms with E-state index in [0.717, 1.165) is 40.9 Å². The first kappa shape index (κ1) is 31.9. The molecule has 2 atom stereocenters. The van der Waals surface area contributed by atoms with Gasteiger partial charge in [0.2, 0.25) is 10.0 Å². The molecule has 8 nitrogen and oxygen atoms in total. The van der Waals surface area contributed by atoms with Crippen molar-refractivity contribution < 1.29 is 26.7 Å². The molecule has 2 aliphatic rings. The van der Waals surface area contributed by atoms with Crippen LogP contribution in [0, 0.1) is 24.0 Å². The SMILES string of the molecule is CCCOCCN([C@H]1CCC2=Cc3c(cnn3-c3ccc(F)cc3)C[C@]2(C(=O)c2cc(C)ccn2)C1)S(=O)(=O)c1ccc(F)cc1. The molecular formula is C35H36F2N4O4S. The second-order valence-electron chi connectivity index (χ2n) is 12.0. The predicted molar refractivity (Wildman–Crippen MR) is 170 cm³/mol. The average molecular weight is 647 g/mol. The molecule has 0 amide bonds. The Labute approximate surface area is 267 Å². The van der Waals surface area contributed by atoms with E-state index in [1.807, 2.05) is 26.0 Å². The number of Topliss-reactive ketones (excluding diaryl/α,β-unsaturated/α-hetero) is 1. The van der Waals surface area contributed by atoms with Crippen molar-refractivity contribution in [2.45, 2.75) is 56.9 Å². The van der Waals surface area contributed by atoms with Gasteiger partial charge in [-0.05, 0) is 117 Å². The smallest absolute Gasteiger partial charge is 0.243 e. The number of fused-ring (bicyclic) bond motifs is 2. The molecule has 0 N–H and O–H groups in total. The molecule has 4 aromatic rings. The zero-order valence-corrected chi connectivity index (χ0v) is 26.6. The van der Waals surface area contributed by atoms with Gasteiger partial charge in [0.15, 0.2) is 5.78 Å². The van der Waals surface area contributed by atoms with Gasteiger partial charge in [-0.25, -0.2) is 21.9 Å². The van der Waals surface area contributed by atoms with Crippen LogP contribution in [0.3, 0.4) is 0 Å². The lowest BCUT2D eigenvalue weighted by molar-refractivity contribution is 0.0700. The van der Waals surface area contributed by atoms with Crippen LogP contribution in [-0.4, -0.2) is 59.1 Å². The summed E-state index contributed by atoms with van der Waals surface area (Å²) < 4.78 is 64.6. The van der Waals surface area contributed by atoms with Gasteiger partial charge < -0.3 is 4.74 Å². The van der Waals surface area contributed by atoms with Gasteiger partial charge in [0, 0.05) is 25.4 Å². The summed E-state index contributed by atoms with van der Waals surface area (Å²) in [6, 6.07) is 13.9. The Hall–Kier alpha value is -4.06. The third kappa shape index (κ3) is 6.06. The molecule has 2 aromatic carbocycles. The number of allylic oxidation sites excluding steroid dienone is 1. The van der Waals surface area contributed by atoms with Crippen LogP contribution in [0.15, 0.2) is 83.5 Å². The van der Waals surface area contributed by atoms with Crippen LogP contribution in [0.1, 0.15) is 59.9 Å². The molecule has 6 rings (SSSR count). The number of benzene rings is 2. The van der Waals surface area contributed by atoms with Crippen LogP contribution in [0.25, 0.3) is 11.8 Å². The molecule has 0 spiro atoms. The van der Waals surface area contributed by atoms with Gasteiger partial charge in [0.05, 0.1) is 34.5 Å². The maximum absolute atomic E-state index is 14.7. The maximum atomic E-state index is 14.7. The summed E-state index contributed by atoms with van der Waals surface area (Å²) in [7, 11) is -4.07. The van der Waals surface area contributed by atoms with E-state index >= 15 is 0 Å². The first-order valence-electron chi connectivity index (χ1n) is 15.5. The topological polar surface area (TPSA) is 94.4 Å². The minimum Gasteiger partial charge on any atom is -0.380 e.